The van der Waals surface area contributed by atoms with Gasteiger partial charge in [0.15, 0.2) is 10.5 Å². The fraction of sp³-hybridized carbons (Fsp3) is 0. The maximum atomic E-state index is 9.75. The number of nitriles is 1. The quantitative estimate of drug-likeness (QED) is 0.421. The van der Waals surface area contributed by atoms with Gasteiger partial charge in [-0.05, 0) is 5.56 Å². The van der Waals surface area contributed by atoms with E-state index in [1.165, 1.54) is 0 Å². The number of rotatable bonds is 1. The largest absolute Gasteiger partial charge is 0.673 e. The normalized spacial score (nSPS) is 9.81. The van der Waals surface area contributed by atoms with E-state index < -0.39 is 7.25 Å². The number of nitrogens with zero attached hydrogens (tertiary/aromatic N) is 3. The lowest BCUT2D eigenvalue weighted by molar-refractivity contribution is 0.368. The molecule has 106 valence electrons. The van der Waals surface area contributed by atoms with Gasteiger partial charge in [-0.25, -0.2) is 0 Å². The smallest absolute Gasteiger partial charge is 0.418 e. The molecule has 0 spiro atoms. The van der Waals surface area contributed by atoms with Gasteiger partial charge in [0.25, 0.3) is 0 Å². The van der Waals surface area contributed by atoms with Gasteiger partial charge in [-0.1, -0.05) is 42.5 Å². The van der Waals surface area contributed by atoms with Gasteiger partial charge in [-0.15, -0.1) is 0 Å². The SMILES string of the molecule is F[B-](F)(F)F.N#Cc1c([N+]#N)cccc1-c1ccccc1. The Hall–Kier alpha value is -2.87. The lowest BCUT2D eigenvalue weighted by Crippen LogP contribution is -2.02. The summed E-state index contributed by atoms with van der Waals surface area (Å²) >= 11 is 0. The molecule has 0 N–H and O–H groups in total. The van der Waals surface area contributed by atoms with Crippen LogP contribution in [0.3, 0.4) is 0 Å². The Morgan fingerprint density at radius 1 is 0.905 bits per heavy atom. The minimum atomic E-state index is -6.00. The van der Waals surface area contributed by atoms with Crippen molar-refractivity contribution in [1.29, 1.82) is 10.7 Å². The van der Waals surface area contributed by atoms with E-state index in [1.807, 2.05) is 36.4 Å². The molecule has 0 radical (unpaired) electrons. The Kier molecular flexibility index (Phi) is 5.44. The molecule has 0 amide bonds. The lowest BCUT2D eigenvalue weighted by Gasteiger charge is -2.00. The minimum Gasteiger partial charge on any atom is -0.418 e. The molecule has 0 atom stereocenters. The summed E-state index contributed by atoms with van der Waals surface area (Å²) in [6.45, 7) is 0. The first-order valence-electron chi connectivity index (χ1n) is 5.67. The van der Waals surface area contributed by atoms with Crippen molar-refractivity contribution >= 4 is 12.9 Å². The molecule has 0 heterocycles. The van der Waals surface area contributed by atoms with E-state index in [1.54, 1.807) is 12.1 Å². The molecule has 2 aromatic rings. The van der Waals surface area contributed by atoms with Crippen molar-refractivity contribution in [1.82, 2.24) is 0 Å². The van der Waals surface area contributed by atoms with E-state index in [0.29, 0.717) is 11.3 Å². The van der Waals surface area contributed by atoms with Crippen molar-refractivity contribution in [3.05, 3.63) is 59.1 Å². The number of benzene rings is 2. The van der Waals surface area contributed by atoms with E-state index in [0.717, 1.165) is 11.1 Å². The average Bonchev–Trinajstić information content (AvgIpc) is 2.45. The fourth-order valence-electron chi connectivity index (χ4n) is 1.60. The third kappa shape index (κ3) is 5.33. The molecule has 0 bridgehead atoms. The van der Waals surface area contributed by atoms with Crippen molar-refractivity contribution in [3.63, 3.8) is 0 Å². The number of hydrogen-bond donors (Lipinski definition) is 0. The predicted molar refractivity (Wildman–Crippen MR) is 71.5 cm³/mol. The first kappa shape index (κ1) is 16.2. The molecule has 0 fully saturated rings. The molecule has 8 heteroatoms. The maximum Gasteiger partial charge on any atom is 0.673 e. The van der Waals surface area contributed by atoms with Crippen molar-refractivity contribution in [2.24, 2.45) is 0 Å². The van der Waals surface area contributed by atoms with Crippen LogP contribution in [-0.2, 0) is 0 Å². The highest BCUT2D eigenvalue weighted by molar-refractivity contribution is 6.50. The second-order valence-corrected chi connectivity index (χ2v) is 3.77. The summed E-state index contributed by atoms with van der Waals surface area (Å²) in [6, 6.07) is 16.8. The van der Waals surface area contributed by atoms with Crippen LogP contribution in [0.5, 0.6) is 0 Å². The molecule has 2 aromatic carbocycles. The topological polar surface area (TPSA) is 51.9 Å². The molecule has 0 unspecified atom stereocenters. The fourth-order valence-corrected chi connectivity index (χ4v) is 1.60. The average molecular weight is 293 g/mol. The molecule has 2 rings (SSSR count). The first-order valence-corrected chi connectivity index (χ1v) is 5.67. The maximum absolute atomic E-state index is 9.75. The zero-order valence-electron chi connectivity index (χ0n) is 10.5. The van der Waals surface area contributed by atoms with Crippen LogP contribution in [-0.4, -0.2) is 7.25 Å². The number of hydrogen-bond acceptors (Lipinski definition) is 2. The Morgan fingerprint density at radius 2 is 1.48 bits per heavy atom. The van der Waals surface area contributed by atoms with Gasteiger partial charge in [0.05, 0.1) is 0 Å². The first-order chi connectivity index (χ1) is 9.86. The second-order valence-electron chi connectivity index (χ2n) is 3.77. The van der Waals surface area contributed by atoms with Crippen molar-refractivity contribution in [2.75, 3.05) is 0 Å². The van der Waals surface area contributed by atoms with E-state index in [2.05, 4.69) is 11.0 Å². The Bertz CT molecular complexity index is 681. The third-order valence-electron chi connectivity index (χ3n) is 2.35. The van der Waals surface area contributed by atoms with Crippen LogP contribution >= 0.6 is 0 Å². The zero-order valence-corrected chi connectivity index (χ0v) is 10.5. The molecular formula is C13H8BF4N3. The molecule has 0 aliphatic heterocycles. The summed E-state index contributed by atoms with van der Waals surface area (Å²) < 4.78 is 39.0. The third-order valence-corrected chi connectivity index (χ3v) is 2.35. The minimum absolute atomic E-state index is 0.295. The highest BCUT2D eigenvalue weighted by Crippen LogP contribution is 2.29. The standard InChI is InChI=1S/C13H8N3.BF4/c14-9-12-11(7-4-8-13(12)16-15)10-5-2-1-3-6-10;2-1(3,4)5/h1-8H;/q+1;-1. The number of diazo groups is 1. The molecule has 0 aliphatic rings. The van der Waals surface area contributed by atoms with E-state index in [-0.39, 0.29) is 0 Å². The Balaban J connectivity index is 0.000000383. The summed E-state index contributed by atoms with van der Waals surface area (Å²) in [5, 5.41) is 17.9. The van der Waals surface area contributed by atoms with Crippen molar-refractivity contribution in [2.45, 2.75) is 0 Å². The monoisotopic (exact) mass is 293 g/mol. The second kappa shape index (κ2) is 7.06. The van der Waals surface area contributed by atoms with Gasteiger partial charge in [0, 0.05) is 11.6 Å². The van der Waals surface area contributed by atoms with E-state index in [4.69, 9.17) is 10.7 Å². The van der Waals surface area contributed by atoms with Gasteiger partial charge < -0.3 is 17.3 Å². The summed E-state index contributed by atoms with van der Waals surface area (Å²) in [5.41, 5.74) is 2.39. The molecule has 0 saturated carbocycles. The van der Waals surface area contributed by atoms with Gasteiger partial charge in [-0.2, -0.15) is 5.26 Å². The van der Waals surface area contributed by atoms with Crippen LogP contribution in [0.15, 0.2) is 48.5 Å². The highest BCUT2D eigenvalue weighted by Gasteiger charge is 2.20. The summed E-state index contributed by atoms with van der Waals surface area (Å²) in [7, 11) is -6.00. The van der Waals surface area contributed by atoms with Crippen LogP contribution in [0, 0.1) is 16.7 Å². The zero-order chi connectivity index (χ0) is 15.9. The summed E-state index contributed by atoms with van der Waals surface area (Å²) in [5.74, 6) is 0. The van der Waals surface area contributed by atoms with Crippen molar-refractivity contribution < 1.29 is 17.3 Å². The van der Waals surface area contributed by atoms with Gasteiger partial charge >= 0.3 is 12.9 Å². The van der Waals surface area contributed by atoms with Crippen LogP contribution in [0.25, 0.3) is 16.1 Å². The molecule has 0 aliphatic carbocycles. The van der Waals surface area contributed by atoms with Gasteiger partial charge in [0.1, 0.15) is 6.07 Å². The van der Waals surface area contributed by atoms with E-state index in [9.17, 15) is 17.3 Å². The molecule has 0 saturated heterocycles. The van der Waals surface area contributed by atoms with Crippen molar-refractivity contribution in [3.8, 4) is 17.2 Å². The van der Waals surface area contributed by atoms with Crippen LogP contribution < -0.4 is 0 Å². The lowest BCUT2D eigenvalue weighted by atomic mass is 9.99. The van der Waals surface area contributed by atoms with Gasteiger partial charge in [-0.3, -0.25) is 0 Å². The summed E-state index contributed by atoms with van der Waals surface area (Å²) in [6.07, 6.45) is 0. The Morgan fingerprint density at radius 3 is 1.95 bits per heavy atom. The van der Waals surface area contributed by atoms with Crippen LogP contribution in [0.2, 0.25) is 0 Å². The van der Waals surface area contributed by atoms with Gasteiger partial charge in [0.2, 0.25) is 5.39 Å². The number of halogens is 4. The Labute approximate surface area is 118 Å². The van der Waals surface area contributed by atoms with E-state index >= 15 is 0 Å². The molecule has 3 nitrogen and oxygen atoms in total. The summed E-state index contributed by atoms with van der Waals surface area (Å²) in [4.78, 5) is 3.11. The highest BCUT2D eigenvalue weighted by atomic mass is 19.5. The molecular weight excluding hydrogens is 285 g/mol. The van der Waals surface area contributed by atoms with Crippen LogP contribution in [0.1, 0.15) is 5.56 Å². The predicted octanol–water partition coefficient (Wildman–Crippen LogP) is 5.01. The molecule has 0 aromatic heterocycles. The molecule has 21 heavy (non-hydrogen) atoms. The van der Waals surface area contributed by atoms with Crippen LogP contribution in [0.4, 0.5) is 23.0 Å².